The Labute approximate surface area is 162 Å². The van der Waals surface area contributed by atoms with E-state index in [0.717, 1.165) is 10.8 Å². The second kappa shape index (κ2) is 6.05. The Morgan fingerprint density at radius 3 is 2.45 bits per heavy atom. The molecule has 5 rings (SSSR count). The highest BCUT2D eigenvalue weighted by molar-refractivity contribution is 6.06. The van der Waals surface area contributed by atoms with Crippen LogP contribution >= 0.6 is 0 Å². The average molecular weight is 397 g/mol. The quantitative estimate of drug-likeness (QED) is 0.526. The SMILES string of the molecule is O[C@@]1(C(F)(F)F)CC(c2ccc3ccccc3c2)=NN1c1nc2ccccc2o1. The van der Waals surface area contributed by atoms with Crippen LogP contribution in [0.15, 0.2) is 76.2 Å². The van der Waals surface area contributed by atoms with Crippen LogP contribution in [-0.2, 0) is 0 Å². The van der Waals surface area contributed by atoms with Gasteiger partial charge in [-0.1, -0.05) is 48.5 Å². The molecule has 1 aliphatic heterocycles. The molecule has 4 aromatic rings. The summed E-state index contributed by atoms with van der Waals surface area (Å²) in [6.45, 7) is 0. The number of para-hydroxylation sites is 2. The molecular formula is C21H14F3N3O2. The van der Waals surface area contributed by atoms with E-state index in [0.29, 0.717) is 21.7 Å². The molecule has 0 amide bonds. The van der Waals surface area contributed by atoms with Gasteiger partial charge in [0.05, 0.1) is 12.1 Å². The summed E-state index contributed by atoms with van der Waals surface area (Å²) in [6, 6.07) is 18.9. The third kappa shape index (κ3) is 2.75. The molecule has 0 bridgehead atoms. The van der Waals surface area contributed by atoms with Gasteiger partial charge in [0.25, 0.3) is 5.72 Å². The molecule has 0 spiro atoms. The summed E-state index contributed by atoms with van der Waals surface area (Å²) in [5.74, 6) is 0. The highest BCUT2D eigenvalue weighted by Crippen LogP contribution is 2.44. The van der Waals surface area contributed by atoms with E-state index in [1.54, 1.807) is 36.4 Å². The predicted molar refractivity (Wildman–Crippen MR) is 103 cm³/mol. The Hall–Kier alpha value is -3.39. The number of nitrogens with zero attached hydrogens (tertiary/aromatic N) is 3. The van der Waals surface area contributed by atoms with Crippen molar-refractivity contribution < 1.29 is 22.7 Å². The Morgan fingerprint density at radius 1 is 0.966 bits per heavy atom. The first-order chi connectivity index (χ1) is 13.8. The number of hydrogen-bond acceptors (Lipinski definition) is 5. The lowest BCUT2D eigenvalue weighted by molar-refractivity contribution is -0.255. The normalized spacial score (nSPS) is 19.9. The van der Waals surface area contributed by atoms with Crippen LogP contribution in [0.2, 0.25) is 0 Å². The van der Waals surface area contributed by atoms with Crippen LogP contribution in [-0.4, -0.2) is 27.7 Å². The fraction of sp³-hybridized carbons (Fsp3) is 0.143. The van der Waals surface area contributed by atoms with Gasteiger partial charge in [-0.2, -0.15) is 28.3 Å². The van der Waals surface area contributed by atoms with Gasteiger partial charge >= 0.3 is 12.2 Å². The summed E-state index contributed by atoms with van der Waals surface area (Å²) < 4.78 is 47.0. The van der Waals surface area contributed by atoms with Crippen molar-refractivity contribution in [3.05, 3.63) is 72.3 Å². The summed E-state index contributed by atoms with van der Waals surface area (Å²) in [5.41, 5.74) is -1.99. The minimum Gasteiger partial charge on any atom is -0.422 e. The maximum atomic E-state index is 13.8. The molecule has 0 unspecified atom stereocenters. The minimum atomic E-state index is -4.98. The van der Waals surface area contributed by atoms with Crippen molar-refractivity contribution in [1.82, 2.24) is 4.98 Å². The van der Waals surface area contributed by atoms with Gasteiger partial charge in [-0.25, -0.2) is 0 Å². The Kier molecular flexibility index (Phi) is 3.69. The number of oxazole rings is 1. The highest BCUT2D eigenvalue weighted by atomic mass is 19.4. The van der Waals surface area contributed by atoms with Gasteiger partial charge in [0.2, 0.25) is 0 Å². The molecule has 1 aromatic heterocycles. The van der Waals surface area contributed by atoms with E-state index in [9.17, 15) is 18.3 Å². The van der Waals surface area contributed by atoms with E-state index in [1.807, 2.05) is 30.3 Å². The van der Waals surface area contributed by atoms with Crippen LogP contribution in [0.25, 0.3) is 21.9 Å². The maximum Gasteiger partial charge on any atom is 0.438 e. The van der Waals surface area contributed by atoms with Crippen molar-refractivity contribution in [3.63, 3.8) is 0 Å². The molecule has 1 atom stereocenters. The van der Waals surface area contributed by atoms with E-state index in [2.05, 4.69) is 10.1 Å². The van der Waals surface area contributed by atoms with Crippen molar-refractivity contribution in [3.8, 4) is 0 Å². The highest BCUT2D eigenvalue weighted by Gasteiger charge is 2.63. The molecule has 0 radical (unpaired) electrons. The summed E-state index contributed by atoms with van der Waals surface area (Å²) in [4.78, 5) is 4.07. The molecule has 2 heterocycles. The van der Waals surface area contributed by atoms with Gasteiger partial charge in [0.1, 0.15) is 5.52 Å². The first-order valence-corrected chi connectivity index (χ1v) is 8.87. The lowest BCUT2D eigenvalue weighted by Gasteiger charge is -2.31. The smallest absolute Gasteiger partial charge is 0.422 e. The zero-order valence-corrected chi connectivity index (χ0v) is 14.9. The van der Waals surface area contributed by atoms with E-state index in [4.69, 9.17) is 4.42 Å². The molecule has 29 heavy (non-hydrogen) atoms. The second-order valence-corrected chi connectivity index (χ2v) is 6.88. The van der Waals surface area contributed by atoms with Crippen molar-refractivity contribution in [1.29, 1.82) is 0 Å². The van der Waals surface area contributed by atoms with E-state index >= 15 is 0 Å². The fourth-order valence-electron chi connectivity index (χ4n) is 3.45. The lowest BCUT2D eigenvalue weighted by atomic mass is 9.98. The van der Waals surface area contributed by atoms with Gasteiger partial charge in [-0.05, 0) is 34.5 Å². The van der Waals surface area contributed by atoms with Crippen LogP contribution in [0, 0.1) is 0 Å². The summed E-state index contributed by atoms with van der Waals surface area (Å²) in [5, 5.41) is 16.9. The summed E-state index contributed by atoms with van der Waals surface area (Å²) in [6.07, 6.45) is -5.72. The first-order valence-electron chi connectivity index (χ1n) is 8.87. The number of aromatic nitrogens is 1. The van der Waals surface area contributed by atoms with Crippen LogP contribution in [0.4, 0.5) is 19.2 Å². The Bertz CT molecular complexity index is 1230. The van der Waals surface area contributed by atoms with Crippen molar-refractivity contribution in [2.45, 2.75) is 18.3 Å². The van der Waals surface area contributed by atoms with E-state index in [1.165, 1.54) is 0 Å². The van der Waals surface area contributed by atoms with Crippen molar-refractivity contribution in [2.75, 3.05) is 5.01 Å². The first kappa shape index (κ1) is 17.7. The monoisotopic (exact) mass is 397 g/mol. The molecule has 0 aliphatic carbocycles. The largest absolute Gasteiger partial charge is 0.438 e. The zero-order valence-electron chi connectivity index (χ0n) is 14.9. The van der Waals surface area contributed by atoms with Crippen molar-refractivity contribution in [2.24, 2.45) is 5.10 Å². The molecule has 1 N–H and O–H groups in total. The third-order valence-corrected chi connectivity index (χ3v) is 4.99. The van der Waals surface area contributed by atoms with Gasteiger partial charge < -0.3 is 9.52 Å². The number of benzene rings is 3. The zero-order chi connectivity index (χ0) is 20.2. The van der Waals surface area contributed by atoms with Crippen LogP contribution in [0.3, 0.4) is 0 Å². The molecule has 0 saturated heterocycles. The topological polar surface area (TPSA) is 61.9 Å². The number of rotatable bonds is 2. The number of aliphatic hydroxyl groups is 1. The number of alkyl halides is 3. The van der Waals surface area contributed by atoms with Gasteiger partial charge in [0.15, 0.2) is 5.58 Å². The molecular weight excluding hydrogens is 383 g/mol. The lowest BCUT2D eigenvalue weighted by Crippen LogP contribution is -2.55. The molecule has 146 valence electrons. The van der Waals surface area contributed by atoms with Crippen molar-refractivity contribution >= 4 is 33.6 Å². The second-order valence-electron chi connectivity index (χ2n) is 6.88. The van der Waals surface area contributed by atoms with Gasteiger partial charge in [0, 0.05) is 0 Å². The minimum absolute atomic E-state index is 0.0952. The predicted octanol–water partition coefficient (Wildman–Crippen LogP) is 4.85. The number of halogens is 3. The number of hydrazone groups is 1. The van der Waals surface area contributed by atoms with E-state index < -0.39 is 24.3 Å². The summed E-state index contributed by atoms with van der Waals surface area (Å²) in [7, 11) is 0. The fourth-order valence-corrected chi connectivity index (χ4v) is 3.45. The Morgan fingerprint density at radius 2 is 1.69 bits per heavy atom. The third-order valence-electron chi connectivity index (χ3n) is 4.99. The van der Waals surface area contributed by atoms with E-state index in [-0.39, 0.29) is 5.71 Å². The molecule has 3 aromatic carbocycles. The molecule has 5 nitrogen and oxygen atoms in total. The molecule has 8 heteroatoms. The number of fused-ring (bicyclic) bond motifs is 2. The maximum absolute atomic E-state index is 13.8. The van der Waals surface area contributed by atoms with Crippen LogP contribution in [0.5, 0.6) is 0 Å². The average Bonchev–Trinajstić information content (AvgIpc) is 3.29. The van der Waals surface area contributed by atoms with Gasteiger partial charge in [-0.15, -0.1) is 0 Å². The Balaban J connectivity index is 1.64. The van der Waals surface area contributed by atoms with Crippen LogP contribution < -0.4 is 5.01 Å². The molecule has 0 fully saturated rings. The number of hydrogen-bond donors (Lipinski definition) is 1. The van der Waals surface area contributed by atoms with Gasteiger partial charge in [-0.3, -0.25) is 0 Å². The molecule has 0 saturated carbocycles. The number of anilines is 1. The molecule has 1 aliphatic rings. The van der Waals surface area contributed by atoms with Crippen LogP contribution in [0.1, 0.15) is 12.0 Å². The standard InChI is InChI=1S/C21H14F3N3O2/c22-21(23,24)20(28)12-17(15-10-9-13-5-1-2-6-14(13)11-15)26-27(20)19-25-16-7-3-4-8-18(16)29-19/h1-11,28H,12H2/t20-/m1/s1. The summed E-state index contributed by atoms with van der Waals surface area (Å²) >= 11 is 0.